The summed E-state index contributed by atoms with van der Waals surface area (Å²) in [5.41, 5.74) is 2.17. The number of rotatable bonds is 5. The largest absolute Gasteiger partial charge is 0.322 e. The van der Waals surface area contributed by atoms with Crippen LogP contribution < -0.4 is 5.32 Å². The molecule has 0 bridgehead atoms. The molecule has 2 rings (SSSR count). The number of nitrogens with one attached hydrogen (secondary N) is 1. The van der Waals surface area contributed by atoms with Crippen molar-refractivity contribution in [2.45, 2.75) is 40.0 Å². The molecule has 1 aliphatic rings. The maximum Gasteiger partial charge on any atom is 0.321 e. The van der Waals surface area contributed by atoms with Crippen LogP contribution in [-0.4, -0.2) is 48.6 Å². The number of nitrogens with zero attached hydrogens (tertiary/aromatic N) is 2. The Bertz CT molecular complexity index is 488. The molecular weight excluding hydrogens is 286 g/mol. The van der Waals surface area contributed by atoms with Crippen LogP contribution in [0.15, 0.2) is 24.3 Å². The molecule has 1 N–H and O–H groups in total. The van der Waals surface area contributed by atoms with Crippen LogP contribution in [0.4, 0.5) is 10.5 Å². The van der Waals surface area contributed by atoms with Crippen LogP contribution in [-0.2, 0) is 0 Å². The van der Waals surface area contributed by atoms with Gasteiger partial charge in [-0.3, -0.25) is 4.90 Å². The highest BCUT2D eigenvalue weighted by Gasteiger charge is 2.21. The van der Waals surface area contributed by atoms with E-state index in [9.17, 15) is 4.79 Å². The van der Waals surface area contributed by atoms with E-state index in [2.05, 4.69) is 50.0 Å². The third-order valence-corrected chi connectivity index (χ3v) is 4.51. The third-order valence-electron chi connectivity index (χ3n) is 4.51. The van der Waals surface area contributed by atoms with Gasteiger partial charge in [-0.15, -0.1) is 0 Å². The highest BCUT2D eigenvalue weighted by Crippen LogP contribution is 2.17. The fraction of sp³-hybridized carbons (Fsp3) is 0.632. The molecule has 0 spiro atoms. The van der Waals surface area contributed by atoms with Gasteiger partial charge in [0.1, 0.15) is 0 Å². The topological polar surface area (TPSA) is 35.6 Å². The van der Waals surface area contributed by atoms with Crippen LogP contribution in [0.3, 0.4) is 0 Å². The first-order valence-corrected chi connectivity index (χ1v) is 8.84. The number of amides is 2. The minimum Gasteiger partial charge on any atom is -0.322 e. The molecule has 128 valence electrons. The second-order valence-corrected chi connectivity index (χ2v) is 7.22. The second kappa shape index (κ2) is 8.34. The molecule has 0 aliphatic carbocycles. The maximum atomic E-state index is 12.4. The van der Waals surface area contributed by atoms with Gasteiger partial charge in [-0.25, -0.2) is 4.79 Å². The molecule has 2 amide bonds. The summed E-state index contributed by atoms with van der Waals surface area (Å²) in [5.74, 6) is 1.25. The predicted octanol–water partition coefficient (Wildman–Crippen LogP) is 4.01. The second-order valence-electron chi connectivity index (χ2n) is 7.22. The number of urea groups is 1. The van der Waals surface area contributed by atoms with Gasteiger partial charge in [-0.2, -0.15) is 0 Å². The average Bonchev–Trinajstić information content (AvgIpc) is 2.54. The quantitative estimate of drug-likeness (QED) is 0.891. The molecule has 0 saturated carbocycles. The van der Waals surface area contributed by atoms with Crippen molar-refractivity contribution in [2.75, 3.05) is 38.0 Å². The molecule has 4 nitrogen and oxygen atoms in total. The molecule has 1 heterocycles. The third kappa shape index (κ3) is 5.54. The standard InChI is InChI=1S/C19H31N3O/c1-15(2)9-10-21-11-13-22(14-12-21)19(23)20-18-7-5-17(6-8-18)16(3)4/h5-8,15-16H,9-14H2,1-4H3,(H,20,23). The molecule has 0 unspecified atom stereocenters. The molecule has 1 aromatic carbocycles. The van der Waals surface area contributed by atoms with Gasteiger partial charge < -0.3 is 10.2 Å². The van der Waals surface area contributed by atoms with E-state index >= 15 is 0 Å². The van der Waals surface area contributed by atoms with Crippen molar-refractivity contribution in [2.24, 2.45) is 5.92 Å². The summed E-state index contributed by atoms with van der Waals surface area (Å²) in [6.45, 7) is 13.6. The van der Waals surface area contributed by atoms with E-state index in [0.29, 0.717) is 5.92 Å². The smallest absolute Gasteiger partial charge is 0.321 e. The lowest BCUT2D eigenvalue weighted by Gasteiger charge is -2.35. The van der Waals surface area contributed by atoms with E-state index in [1.54, 1.807) is 0 Å². The van der Waals surface area contributed by atoms with E-state index < -0.39 is 0 Å². The summed E-state index contributed by atoms with van der Waals surface area (Å²) in [7, 11) is 0. The van der Waals surface area contributed by atoms with Gasteiger partial charge in [0.2, 0.25) is 0 Å². The van der Waals surface area contributed by atoms with E-state index in [1.807, 2.05) is 17.0 Å². The number of piperazine rings is 1. The van der Waals surface area contributed by atoms with E-state index in [0.717, 1.165) is 44.3 Å². The first kappa shape index (κ1) is 17.8. The van der Waals surface area contributed by atoms with Crippen LogP contribution >= 0.6 is 0 Å². The fourth-order valence-electron chi connectivity index (χ4n) is 2.77. The van der Waals surface area contributed by atoms with Gasteiger partial charge in [0.15, 0.2) is 0 Å². The highest BCUT2D eigenvalue weighted by molar-refractivity contribution is 5.89. The van der Waals surface area contributed by atoms with Gasteiger partial charge in [0, 0.05) is 31.9 Å². The van der Waals surface area contributed by atoms with Crippen molar-refractivity contribution < 1.29 is 4.79 Å². The van der Waals surface area contributed by atoms with Gasteiger partial charge >= 0.3 is 6.03 Å². The zero-order chi connectivity index (χ0) is 16.8. The first-order chi connectivity index (χ1) is 11.0. The van der Waals surface area contributed by atoms with Crippen molar-refractivity contribution >= 4 is 11.7 Å². The summed E-state index contributed by atoms with van der Waals surface area (Å²) in [6, 6.07) is 8.18. The molecule has 4 heteroatoms. The van der Waals surface area contributed by atoms with Crippen LogP contribution in [0.25, 0.3) is 0 Å². The maximum absolute atomic E-state index is 12.4. The van der Waals surface area contributed by atoms with Gasteiger partial charge in [0.25, 0.3) is 0 Å². The van der Waals surface area contributed by atoms with E-state index in [4.69, 9.17) is 0 Å². The Kier molecular flexibility index (Phi) is 6.46. The zero-order valence-electron chi connectivity index (χ0n) is 15.0. The summed E-state index contributed by atoms with van der Waals surface area (Å²) in [4.78, 5) is 16.7. The van der Waals surface area contributed by atoms with Crippen molar-refractivity contribution in [3.05, 3.63) is 29.8 Å². The molecule has 1 aliphatic heterocycles. The molecule has 1 aromatic rings. The SMILES string of the molecule is CC(C)CCN1CCN(C(=O)Nc2ccc(C(C)C)cc2)CC1. The van der Waals surface area contributed by atoms with Gasteiger partial charge in [-0.05, 0) is 42.5 Å². The minimum absolute atomic E-state index is 0.0193. The molecule has 1 saturated heterocycles. The van der Waals surface area contributed by atoms with Crippen LogP contribution in [0.2, 0.25) is 0 Å². The lowest BCUT2D eigenvalue weighted by molar-refractivity contribution is 0.143. The summed E-state index contributed by atoms with van der Waals surface area (Å²) in [6.07, 6.45) is 1.23. The molecule has 23 heavy (non-hydrogen) atoms. The monoisotopic (exact) mass is 317 g/mol. The van der Waals surface area contributed by atoms with E-state index in [1.165, 1.54) is 12.0 Å². The van der Waals surface area contributed by atoms with Crippen molar-refractivity contribution in [1.29, 1.82) is 0 Å². The Morgan fingerprint density at radius 1 is 1.04 bits per heavy atom. The molecule has 0 radical (unpaired) electrons. The summed E-state index contributed by atoms with van der Waals surface area (Å²) < 4.78 is 0. The van der Waals surface area contributed by atoms with E-state index in [-0.39, 0.29) is 6.03 Å². The van der Waals surface area contributed by atoms with Crippen molar-refractivity contribution in [3.63, 3.8) is 0 Å². The Morgan fingerprint density at radius 3 is 2.17 bits per heavy atom. The zero-order valence-corrected chi connectivity index (χ0v) is 15.0. The van der Waals surface area contributed by atoms with Crippen LogP contribution in [0, 0.1) is 5.92 Å². The summed E-state index contributed by atoms with van der Waals surface area (Å²) in [5, 5.41) is 3.01. The molecule has 0 atom stereocenters. The predicted molar refractivity (Wildman–Crippen MR) is 97.0 cm³/mol. The Morgan fingerprint density at radius 2 is 1.65 bits per heavy atom. The molecule has 0 aromatic heterocycles. The number of hydrogen-bond acceptors (Lipinski definition) is 2. The fourth-order valence-corrected chi connectivity index (χ4v) is 2.77. The number of anilines is 1. The van der Waals surface area contributed by atoms with Crippen molar-refractivity contribution in [1.82, 2.24) is 9.80 Å². The Balaban J connectivity index is 1.78. The first-order valence-electron chi connectivity index (χ1n) is 8.84. The number of benzene rings is 1. The number of hydrogen-bond donors (Lipinski definition) is 1. The lowest BCUT2D eigenvalue weighted by Crippen LogP contribution is -2.50. The van der Waals surface area contributed by atoms with Crippen LogP contribution in [0.5, 0.6) is 0 Å². The van der Waals surface area contributed by atoms with Crippen molar-refractivity contribution in [3.8, 4) is 0 Å². The lowest BCUT2D eigenvalue weighted by atomic mass is 10.0. The summed E-state index contributed by atoms with van der Waals surface area (Å²) >= 11 is 0. The number of carbonyl (C=O) groups excluding carboxylic acids is 1. The normalized spacial score (nSPS) is 16.2. The highest BCUT2D eigenvalue weighted by atomic mass is 16.2. The minimum atomic E-state index is 0.0193. The van der Waals surface area contributed by atoms with Crippen LogP contribution in [0.1, 0.15) is 45.6 Å². The number of carbonyl (C=O) groups is 1. The molecule has 1 fully saturated rings. The van der Waals surface area contributed by atoms with Gasteiger partial charge in [0.05, 0.1) is 0 Å². The Labute approximate surface area is 140 Å². The average molecular weight is 317 g/mol. The Hall–Kier alpha value is -1.55. The van der Waals surface area contributed by atoms with Gasteiger partial charge in [-0.1, -0.05) is 39.8 Å². The molecular formula is C19H31N3O.